The first-order valence-corrected chi connectivity index (χ1v) is 8.39. The maximum absolute atomic E-state index is 12.5. The summed E-state index contributed by atoms with van der Waals surface area (Å²) in [5.74, 6) is -0.226. The Morgan fingerprint density at radius 2 is 1.92 bits per heavy atom. The summed E-state index contributed by atoms with van der Waals surface area (Å²) in [6, 6.07) is 11.0. The van der Waals surface area contributed by atoms with E-state index in [0.717, 1.165) is 43.2 Å². The molecule has 0 unspecified atom stereocenters. The average molecular weight is 345 g/mol. The molecule has 0 spiro atoms. The molecule has 1 aromatic carbocycles. The number of benzene rings is 1. The van der Waals surface area contributed by atoms with E-state index in [1.807, 2.05) is 31.2 Å². The summed E-state index contributed by atoms with van der Waals surface area (Å²) in [6.45, 7) is 5.70. The number of aromatic nitrogens is 1. The molecule has 5 nitrogen and oxygen atoms in total. The highest BCUT2D eigenvalue weighted by Gasteiger charge is 2.19. The van der Waals surface area contributed by atoms with Crippen molar-refractivity contribution in [1.29, 1.82) is 0 Å². The van der Waals surface area contributed by atoms with Crippen LogP contribution in [0.3, 0.4) is 0 Å². The number of halogens is 1. The molecule has 0 atom stereocenters. The minimum absolute atomic E-state index is 0.226. The fraction of sp³-hybridized carbons (Fsp3) is 0.333. The highest BCUT2D eigenvalue weighted by molar-refractivity contribution is 6.31. The predicted molar refractivity (Wildman–Crippen MR) is 98.1 cm³/mol. The summed E-state index contributed by atoms with van der Waals surface area (Å²) in [7, 11) is 2.12. The van der Waals surface area contributed by atoms with Crippen molar-refractivity contribution in [3.05, 3.63) is 52.8 Å². The molecule has 0 saturated carbocycles. The van der Waals surface area contributed by atoms with Crippen molar-refractivity contribution in [3.8, 4) is 0 Å². The minimum atomic E-state index is -0.226. The number of carbonyl (C=O) groups is 1. The summed E-state index contributed by atoms with van der Waals surface area (Å²) in [4.78, 5) is 21.4. The smallest absolute Gasteiger partial charge is 0.274 e. The molecule has 2 aromatic rings. The number of hydrogen-bond acceptors (Lipinski definition) is 4. The Balaban J connectivity index is 1.84. The maximum atomic E-state index is 12.5. The normalized spacial score (nSPS) is 15.4. The number of rotatable bonds is 3. The van der Waals surface area contributed by atoms with E-state index >= 15 is 0 Å². The number of pyridine rings is 1. The molecule has 1 amide bonds. The van der Waals surface area contributed by atoms with Gasteiger partial charge in [0.1, 0.15) is 5.69 Å². The SMILES string of the molecule is Cc1cccc(C(=O)Nc2cc(Cl)ccc2N2CCN(C)CC2)n1. The standard InChI is InChI=1S/C18H21ClN4O/c1-13-4-3-5-15(20-13)18(24)21-16-12-14(19)6-7-17(16)23-10-8-22(2)9-11-23/h3-7,12H,8-11H2,1-2H3,(H,21,24). The Morgan fingerprint density at radius 1 is 1.17 bits per heavy atom. The molecule has 24 heavy (non-hydrogen) atoms. The van der Waals surface area contributed by atoms with Gasteiger partial charge in [-0.3, -0.25) is 4.79 Å². The third kappa shape index (κ3) is 3.86. The van der Waals surface area contributed by atoms with Gasteiger partial charge in [0.2, 0.25) is 0 Å². The van der Waals surface area contributed by atoms with Gasteiger partial charge in [-0.2, -0.15) is 0 Å². The summed E-state index contributed by atoms with van der Waals surface area (Å²) in [5.41, 5.74) is 2.93. The molecule has 1 fully saturated rings. The number of hydrogen-bond donors (Lipinski definition) is 1. The van der Waals surface area contributed by atoms with Crippen LogP contribution >= 0.6 is 11.6 Å². The van der Waals surface area contributed by atoms with Crippen molar-refractivity contribution in [2.24, 2.45) is 0 Å². The number of likely N-dealkylation sites (N-methyl/N-ethyl adjacent to an activating group) is 1. The third-order valence-electron chi connectivity index (χ3n) is 4.17. The zero-order valence-electron chi connectivity index (χ0n) is 13.9. The highest BCUT2D eigenvalue weighted by Crippen LogP contribution is 2.30. The molecule has 0 radical (unpaired) electrons. The second kappa shape index (κ2) is 7.20. The molecule has 1 saturated heterocycles. The number of aryl methyl sites for hydroxylation is 1. The molecule has 1 aromatic heterocycles. The zero-order valence-corrected chi connectivity index (χ0v) is 14.7. The average Bonchev–Trinajstić information content (AvgIpc) is 2.56. The molecule has 3 rings (SSSR count). The number of piperazine rings is 1. The molecule has 1 aliphatic rings. The topological polar surface area (TPSA) is 48.5 Å². The van der Waals surface area contributed by atoms with E-state index in [1.54, 1.807) is 12.1 Å². The Bertz CT molecular complexity index is 742. The quantitative estimate of drug-likeness (QED) is 0.929. The molecule has 0 aliphatic carbocycles. The lowest BCUT2D eigenvalue weighted by molar-refractivity contribution is 0.102. The Morgan fingerprint density at radius 3 is 2.62 bits per heavy atom. The van der Waals surface area contributed by atoms with Gasteiger partial charge in [0.05, 0.1) is 11.4 Å². The lowest BCUT2D eigenvalue weighted by atomic mass is 10.2. The first-order chi connectivity index (χ1) is 11.5. The summed E-state index contributed by atoms with van der Waals surface area (Å²) < 4.78 is 0. The van der Waals surface area contributed by atoms with Gasteiger partial charge in [-0.05, 0) is 44.3 Å². The maximum Gasteiger partial charge on any atom is 0.274 e. The number of anilines is 2. The van der Waals surface area contributed by atoms with Gasteiger partial charge >= 0.3 is 0 Å². The molecular formula is C18H21ClN4O. The Hall–Kier alpha value is -2.11. The van der Waals surface area contributed by atoms with Crippen LogP contribution < -0.4 is 10.2 Å². The van der Waals surface area contributed by atoms with E-state index in [1.165, 1.54) is 0 Å². The van der Waals surface area contributed by atoms with Crippen molar-refractivity contribution in [2.45, 2.75) is 6.92 Å². The zero-order chi connectivity index (χ0) is 17.1. The van der Waals surface area contributed by atoms with Crippen LogP contribution in [0.15, 0.2) is 36.4 Å². The molecule has 1 N–H and O–H groups in total. The first kappa shape index (κ1) is 16.7. The molecule has 6 heteroatoms. The van der Waals surface area contributed by atoms with Gasteiger partial charge in [0, 0.05) is 36.9 Å². The highest BCUT2D eigenvalue weighted by atomic mass is 35.5. The Kier molecular flexibility index (Phi) is 5.02. The van der Waals surface area contributed by atoms with E-state index in [-0.39, 0.29) is 5.91 Å². The van der Waals surface area contributed by atoms with Crippen LogP contribution in [0.5, 0.6) is 0 Å². The van der Waals surface area contributed by atoms with Gasteiger partial charge < -0.3 is 15.1 Å². The number of carbonyl (C=O) groups excluding carboxylic acids is 1. The minimum Gasteiger partial charge on any atom is -0.367 e. The van der Waals surface area contributed by atoms with Crippen LogP contribution in [0.25, 0.3) is 0 Å². The fourth-order valence-corrected chi connectivity index (χ4v) is 2.96. The predicted octanol–water partition coefficient (Wildman–Crippen LogP) is 3.05. The van der Waals surface area contributed by atoms with Gasteiger partial charge in [0.25, 0.3) is 5.91 Å². The first-order valence-electron chi connectivity index (χ1n) is 8.01. The monoisotopic (exact) mass is 344 g/mol. The van der Waals surface area contributed by atoms with Crippen molar-refractivity contribution in [3.63, 3.8) is 0 Å². The molecule has 1 aliphatic heterocycles. The van der Waals surface area contributed by atoms with Crippen molar-refractivity contribution in [1.82, 2.24) is 9.88 Å². The molecular weight excluding hydrogens is 324 g/mol. The van der Waals surface area contributed by atoms with Crippen LogP contribution in [0.4, 0.5) is 11.4 Å². The van der Waals surface area contributed by atoms with Crippen LogP contribution in [0.2, 0.25) is 5.02 Å². The summed E-state index contributed by atoms with van der Waals surface area (Å²) in [6.07, 6.45) is 0. The summed E-state index contributed by atoms with van der Waals surface area (Å²) >= 11 is 6.14. The van der Waals surface area contributed by atoms with Gasteiger partial charge in [-0.15, -0.1) is 0 Å². The van der Waals surface area contributed by atoms with E-state index in [4.69, 9.17) is 11.6 Å². The molecule has 126 valence electrons. The second-order valence-electron chi connectivity index (χ2n) is 6.07. The largest absolute Gasteiger partial charge is 0.367 e. The summed E-state index contributed by atoms with van der Waals surface area (Å²) in [5, 5.41) is 3.56. The van der Waals surface area contributed by atoms with Crippen molar-refractivity contribution >= 4 is 28.9 Å². The number of nitrogens with one attached hydrogen (secondary N) is 1. The van der Waals surface area contributed by atoms with Crippen LogP contribution in [-0.4, -0.2) is 49.0 Å². The number of nitrogens with zero attached hydrogens (tertiary/aromatic N) is 3. The van der Waals surface area contributed by atoms with E-state index in [2.05, 4.69) is 27.1 Å². The number of amides is 1. The van der Waals surface area contributed by atoms with Gasteiger partial charge in [-0.1, -0.05) is 17.7 Å². The molecule has 0 bridgehead atoms. The third-order valence-corrected chi connectivity index (χ3v) is 4.41. The Labute approximate surface area is 147 Å². The van der Waals surface area contributed by atoms with Gasteiger partial charge in [-0.25, -0.2) is 4.98 Å². The van der Waals surface area contributed by atoms with Crippen LogP contribution in [0.1, 0.15) is 16.2 Å². The van der Waals surface area contributed by atoms with E-state index in [0.29, 0.717) is 10.7 Å². The lowest BCUT2D eigenvalue weighted by Gasteiger charge is -2.35. The molecule has 2 heterocycles. The van der Waals surface area contributed by atoms with Crippen LogP contribution in [-0.2, 0) is 0 Å². The van der Waals surface area contributed by atoms with Crippen molar-refractivity contribution < 1.29 is 4.79 Å². The van der Waals surface area contributed by atoms with Gasteiger partial charge in [0.15, 0.2) is 0 Å². The van der Waals surface area contributed by atoms with E-state index in [9.17, 15) is 4.79 Å². The second-order valence-corrected chi connectivity index (χ2v) is 6.51. The fourth-order valence-electron chi connectivity index (χ4n) is 2.79. The van der Waals surface area contributed by atoms with Crippen LogP contribution in [0, 0.1) is 6.92 Å². The van der Waals surface area contributed by atoms with E-state index < -0.39 is 0 Å². The van der Waals surface area contributed by atoms with Crippen molar-refractivity contribution in [2.75, 3.05) is 43.4 Å². The lowest BCUT2D eigenvalue weighted by Crippen LogP contribution is -2.44.